The summed E-state index contributed by atoms with van der Waals surface area (Å²) >= 11 is 0. The number of carboxylic acids is 1. The van der Waals surface area contributed by atoms with Crippen LogP contribution in [0, 0.1) is 5.92 Å². The Morgan fingerprint density at radius 3 is 3.00 bits per heavy atom. The molecule has 1 aromatic rings. The number of ether oxygens (including phenoxy) is 1. The van der Waals surface area contributed by atoms with Crippen LogP contribution < -0.4 is 20.7 Å². The summed E-state index contributed by atoms with van der Waals surface area (Å²) in [6.07, 6.45) is 5.68. The number of carboxylic acid groups (broad SMARTS) is 1. The highest BCUT2D eigenvalue weighted by atomic mass is 32.2. The molecule has 0 radical (unpaired) electrons. The number of nitrogens with one attached hydrogen (secondary N) is 3. The summed E-state index contributed by atoms with van der Waals surface area (Å²) in [5.41, 5.74) is 1.80. The van der Waals surface area contributed by atoms with Crippen molar-refractivity contribution in [2.45, 2.75) is 63.2 Å². The topological polar surface area (TPSA) is 117 Å². The predicted octanol–water partition coefficient (Wildman–Crippen LogP) is 1.47. The highest BCUT2D eigenvalue weighted by Gasteiger charge is 2.32. The monoisotopic (exact) mass is 463 g/mol. The van der Waals surface area contributed by atoms with Crippen molar-refractivity contribution in [3.8, 4) is 5.75 Å². The molecule has 5 unspecified atom stereocenters. The lowest BCUT2D eigenvalue weighted by atomic mass is 9.86. The fourth-order valence-electron chi connectivity index (χ4n) is 4.95. The van der Waals surface area contributed by atoms with Crippen molar-refractivity contribution in [2.75, 3.05) is 24.7 Å². The summed E-state index contributed by atoms with van der Waals surface area (Å²) in [7, 11) is -1.11. The highest BCUT2D eigenvalue weighted by molar-refractivity contribution is 7.85. The molecule has 0 aromatic heterocycles. The molecule has 3 heterocycles. The average Bonchev–Trinajstić information content (AvgIpc) is 3.25. The maximum absolute atomic E-state index is 12.6. The minimum atomic E-state index is -1.11. The van der Waals surface area contributed by atoms with Crippen LogP contribution in [0.3, 0.4) is 0 Å². The van der Waals surface area contributed by atoms with Gasteiger partial charge < -0.3 is 20.5 Å². The summed E-state index contributed by atoms with van der Waals surface area (Å²) in [5.74, 6) is 0.963. The SMILES string of the molecule is O=C(O)CC(NC(=O)CCS(=O)CC1CCC2CCCNC2N1)c1ccc2c(c1)OCC2. The second kappa shape index (κ2) is 10.8. The van der Waals surface area contributed by atoms with Gasteiger partial charge in [0.25, 0.3) is 0 Å². The molecule has 9 heteroatoms. The Morgan fingerprint density at radius 1 is 1.28 bits per heavy atom. The van der Waals surface area contributed by atoms with Crippen molar-refractivity contribution < 1.29 is 23.6 Å². The summed E-state index contributed by atoms with van der Waals surface area (Å²) < 4.78 is 18.2. The molecule has 1 aromatic carbocycles. The van der Waals surface area contributed by atoms with E-state index in [4.69, 9.17) is 4.74 Å². The fraction of sp³-hybridized carbons (Fsp3) is 0.652. The summed E-state index contributed by atoms with van der Waals surface area (Å²) in [5, 5.41) is 19.2. The van der Waals surface area contributed by atoms with Crippen LogP contribution in [0.5, 0.6) is 5.75 Å². The van der Waals surface area contributed by atoms with Crippen molar-refractivity contribution in [2.24, 2.45) is 5.92 Å². The van der Waals surface area contributed by atoms with Gasteiger partial charge in [0.15, 0.2) is 0 Å². The van der Waals surface area contributed by atoms with Gasteiger partial charge in [0.1, 0.15) is 5.75 Å². The zero-order chi connectivity index (χ0) is 22.5. The van der Waals surface area contributed by atoms with Gasteiger partial charge >= 0.3 is 5.97 Å². The van der Waals surface area contributed by atoms with Crippen LogP contribution in [0.15, 0.2) is 18.2 Å². The van der Waals surface area contributed by atoms with Gasteiger partial charge in [-0.1, -0.05) is 12.1 Å². The number of aliphatic carboxylic acids is 1. The van der Waals surface area contributed by atoms with E-state index in [1.54, 1.807) is 0 Å². The molecule has 8 nitrogen and oxygen atoms in total. The van der Waals surface area contributed by atoms with E-state index in [1.807, 2.05) is 18.2 Å². The maximum atomic E-state index is 12.6. The van der Waals surface area contributed by atoms with Crippen LogP contribution in [0.2, 0.25) is 0 Å². The van der Waals surface area contributed by atoms with Crippen molar-refractivity contribution in [1.29, 1.82) is 0 Å². The molecule has 0 aliphatic carbocycles. The van der Waals surface area contributed by atoms with Crippen molar-refractivity contribution in [3.05, 3.63) is 29.3 Å². The third-order valence-electron chi connectivity index (χ3n) is 6.67. The lowest BCUT2D eigenvalue weighted by Gasteiger charge is -2.41. The van der Waals surface area contributed by atoms with E-state index < -0.39 is 22.8 Å². The molecule has 0 bridgehead atoms. The van der Waals surface area contributed by atoms with E-state index in [9.17, 15) is 18.9 Å². The molecule has 32 heavy (non-hydrogen) atoms. The Labute approximate surface area is 191 Å². The van der Waals surface area contributed by atoms with E-state index in [2.05, 4.69) is 16.0 Å². The van der Waals surface area contributed by atoms with E-state index in [1.165, 1.54) is 12.8 Å². The third-order valence-corrected chi connectivity index (χ3v) is 8.10. The minimum Gasteiger partial charge on any atom is -0.493 e. The minimum absolute atomic E-state index is 0.112. The van der Waals surface area contributed by atoms with Gasteiger partial charge in [-0.05, 0) is 55.3 Å². The zero-order valence-electron chi connectivity index (χ0n) is 18.3. The van der Waals surface area contributed by atoms with Crippen molar-refractivity contribution in [3.63, 3.8) is 0 Å². The average molecular weight is 464 g/mol. The van der Waals surface area contributed by atoms with E-state index in [-0.39, 0.29) is 30.5 Å². The molecule has 2 saturated heterocycles. The zero-order valence-corrected chi connectivity index (χ0v) is 19.1. The Morgan fingerprint density at radius 2 is 2.16 bits per heavy atom. The first-order valence-corrected chi connectivity index (χ1v) is 13.1. The quantitative estimate of drug-likeness (QED) is 0.438. The summed E-state index contributed by atoms with van der Waals surface area (Å²) in [4.78, 5) is 23.9. The Balaban J connectivity index is 1.26. The second-order valence-electron chi connectivity index (χ2n) is 9.02. The predicted molar refractivity (Wildman–Crippen MR) is 122 cm³/mol. The second-order valence-corrected chi connectivity index (χ2v) is 10.6. The highest BCUT2D eigenvalue weighted by Crippen LogP contribution is 2.30. The van der Waals surface area contributed by atoms with Crippen LogP contribution in [-0.4, -0.2) is 58.1 Å². The van der Waals surface area contributed by atoms with Crippen LogP contribution in [-0.2, 0) is 26.8 Å². The first-order chi connectivity index (χ1) is 15.5. The number of fused-ring (bicyclic) bond motifs is 2. The van der Waals surface area contributed by atoms with Gasteiger partial charge in [-0.25, -0.2) is 0 Å². The van der Waals surface area contributed by atoms with Gasteiger partial charge in [0.05, 0.1) is 25.2 Å². The number of amides is 1. The number of hydrogen-bond donors (Lipinski definition) is 4. The van der Waals surface area contributed by atoms with Gasteiger partial charge in [-0.3, -0.25) is 19.1 Å². The number of carbonyl (C=O) groups excluding carboxylic acids is 1. The molecule has 176 valence electrons. The van der Waals surface area contributed by atoms with Gasteiger partial charge in [0, 0.05) is 41.2 Å². The Bertz CT molecular complexity index is 864. The summed E-state index contributed by atoms with van der Waals surface area (Å²) in [6, 6.07) is 5.15. The van der Waals surface area contributed by atoms with E-state index in [0.717, 1.165) is 37.1 Å². The number of carbonyl (C=O) groups is 2. The van der Waals surface area contributed by atoms with E-state index in [0.29, 0.717) is 30.0 Å². The van der Waals surface area contributed by atoms with Crippen LogP contribution in [0.4, 0.5) is 0 Å². The van der Waals surface area contributed by atoms with Gasteiger partial charge in [0.2, 0.25) is 5.91 Å². The van der Waals surface area contributed by atoms with Crippen molar-refractivity contribution in [1.82, 2.24) is 16.0 Å². The number of benzene rings is 1. The molecule has 0 spiro atoms. The van der Waals surface area contributed by atoms with Crippen LogP contribution in [0.1, 0.15) is 55.7 Å². The molecule has 3 aliphatic heterocycles. The molecule has 3 aliphatic rings. The summed E-state index contributed by atoms with van der Waals surface area (Å²) in [6.45, 7) is 1.64. The first kappa shape index (κ1) is 23.2. The standard InChI is InChI=1S/C23H33N3O5S/c27-21(8-11-32(30)14-18-6-5-16-2-1-9-24-23(16)25-18)26-19(13-22(28)29)17-4-3-15-7-10-31-20(15)12-17/h3-4,12,16,18-19,23-25H,1-2,5-11,13-14H2,(H,26,27)(H,28,29). The normalized spacial score (nSPS) is 26.3. The molecule has 5 atom stereocenters. The number of hydrogen-bond acceptors (Lipinski definition) is 6. The largest absolute Gasteiger partial charge is 0.493 e. The number of rotatable bonds is 9. The smallest absolute Gasteiger partial charge is 0.305 e. The Hall–Kier alpha value is -1.97. The molecule has 0 saturated carbocycles. The van der Waals surface area contributed by atoms with Crippen LogP contribution >= 0.6 is 0 Å². The maximum Gasteiger partial charge on any atom is 0.305 e. The van der Waals surface area contributed by atoms with Gasteiger partial charge in [-0.2, -0.15) is 0 Å². The van der Waals surface area contributed by atoms with Crippen molar-refractivity contribution >= 4 is 22.7 Å². The van der Waals surface area contributed by atoms with E-state index >= 15 is 0 Å². The molecule has 2 fully saturated rings. The van der Waals surface area contributed by atoms with Crippen LogP contribution in [0.25, 0.3) is 0 Å². The third kappa shape index (κ3) is 6.08. The molecular formula is C23H33N3O5S. The first-order valence-electron chi connectivity index (χ1n) is 11.6. The lowest BCUT2D eigenvalue weighted by Crippen LogP contribution is -2.58. The number of piperidine rings is 2. The molecule has 4 rings (SSSR count). The lowest BCUT2D eigenvalue weighted by molar-refractivity contribution is -0.137. The Kier molecular flexibility index (Phi) is 7.80. The van der Waals surface area contributed by atoms with Gasteiger partial charge in [-0.15, -0.1) is 0 Å². The molecular weight excluding hydrogens is 430 g/mol. The molecule has 1 amide bonds. The fourth-order valence-corrected chi connectivity index (χ4v) is 6.24. The molecule has 4 N–H and O–H groups in total.